The molecule has 2 aromatic rings. The fourth-order valence-electron chi connectivity index (χ4n) is 2.63. The van der Waals surface area contributed by atoms with Crippen LogP contribution >= 0.6 is 0 Å². The normalized spacial score (nSPS) is 14.6. The number of hydrogen-bond acceptors (Lipinski definition) is 3. The molecular weight excluding hydrogens is 274 g/mol. The first kappa shape index (κ1) is 14.9. The molecule has 3 nitrogen and oxygen atoms in total. The molecule has 0 bridgehead atoms. The third kappa shape index (κ3) is 3.42. The standard InChI is InChI=1S/C19H23NO2/c1-3-15-4-7-17(8-5-15)14(2)20-13-16-6-9-18-19(12-16)22-11-10-21-18/h4-9,12,14,20H,3,10-11,13H2,1-2H3. The van der Waals surface area contributed by atoms with E-state index in [1.165, 1.54) is 16.7 Å². The topological polar surface area (TPSA) is 30.5 Å². The number of nitrogens with one attached hydrogen (secondary N) is 1. The van der Waals surface area contributed by atoms with Crippen LogP contribution in [0.15, 0.2) is 42.5 Å². The quantitative estimate of drug-likeness (QED) is 0.908. The highest BCUT2D eigenvalue weighted by Gasteiger charge is 2.12. The maximum atomic E-state index is 5.63. The van der Waals surface area contributed by atoms with Gasteiger partial charge in [0.15, 0.2) is 11.5 Å². The van der Waals surface area contributed by atoms with Crippen molar-refractivity contribution in [2.75, 3.05) is 13.2 Å². The molecule has 0 radical (unpaired) electrons. The second-order valence-electron chi connectivity index (χ2n) is 5.68. The number of ether oxygens (including phenoxy) is 2. The molecule has 116 valence electrons. The van der Waals surface area contributed by atoms with E-state index >= 15 is 0 Å². The van der Waals surface area contributed by atoms with Crippen molar-refractivity contribution >= 4 is 0 Å². The summed E-state index contributed by atoms with van der Waals surface area (Å²) in [7, 11) is 0. The van der Waals surface area contributed by atoms with Crippen LogP contribution < -0.4 is 14.8 Å². The lowest BCUT2D eigenvalue weighted by atomic mass is 10.0. The Morgan fingerprint density at radius 2 is 1.64 bits per heavy atom. The van der Waals surface area contributed by atoms with E-state index in [4.69, 9.17) is 9.47 Å². The summed E-state index contributed by atoms with van der Waals surface area (Å²) in [5.41, 5.74) is 3.90. The Morgan fingerprint density at radius 1 is 0.955 bits per heavy atom. The monoisotopic (exact) mass is 297 g/mol. The highest BCUT2D eigenvalue weighted by molar-refractivity contribution is 5.43. The van der Waals surface area contributed by atoms with Gasteiger partial charge in [0.1, 0.15) is 13.2 Å². The van der Waals surface area contributed by atoms with Crippen LogP contribution in [0.1, 0.15) is 36.6 Å². The van der Waals surface area contributed by atoms with Crippen molar-refractivity contribution in [1.29, 1.82) is 0 Å². The summed E-state index contributed by atoms with van der Waals surface area (Å²) in [5, 5.41) is 3.56. The minimum absolute atomic E-state index is 0.319. The van der Waals surface area contributed by atoms with Gasteiger partial charge in [-0.15, -0.1) is 0 Å². The minimum Gasteiger partial charge on any atom is -0.486 e. The first-order valence-corrected chi connectivity index (χ1v) is 7.97. The SMILES string of the molecule is CCc1ccc(C(C)NCc2ccc3c(c2)OCCO3)cc1. The van der Waals surface area contributed by atoms with Crippen molar-refractivity contribution < 1.29 is 9.47 Å². The molecule has 1 aliphatic rings. The van der Waals surface area contributed by atoms with Crippen molar-refractivity contribution in [1.82, 2.24) is 5.32 Å². The third-order valence-electron chi connectivity index (χ3n) is 4.11. The Morgan fingerprint density at radius 3 is 2.36 bits per heavy atom. The van der Waals surface area contributed by atoms with Gasteiger partial charge in [-0.3, -0.25) is 0 Å². The molecule has 3 heteroatoms. The van der Waals surface area contributed by atoms with E-state index in [1.807, 2.05) is 6.07 Å². The highest BCUT2D eigenvalue weighted by Crippen LogP contribution is 2.30. The lowest BCUT2D eigenvalue weighted by molar-refractivity contribution is 0.171. The summed E-state index contributed by atoms with van der Waals surface area (Å²) >= 11 is 0. The Hall–Kier alpha value is -2.00. The van der Waals surface area contributed by atoms with Crippen molar-refractivity contribution in [3.63, 3.8) is 0 Å². The Kier molecular flexibility index (Phi) is 4.64. The van der Waals surface area contributed by atoms with Crippen LogP contribution in [0, 0.1) is 0 Å². The average Bonchev–Trinajstić information content (AvgIpc) is 2.59. The molecule has 0 saturated heterocycles. The predicted molar refractivity (Wildman–Crippen MR) is 88.5 cm³/mol. The number of fused-ring (bicyclic) bond motifs is 1. The summed E-state index contributed by atoms with van der Waals surface area (Å²) in [6.45, 7) is 6.45. The zero-order chi connectivity index (χ0) is 15.4. The van der Waals surface area contributed by atoms with Gasteiger partial charge in [0.25, 0.3) is 0 Å². The van der Waals surface area contributed by atoms with E-state index < -0.39 is 0 Å². The van der Waals surface area contributed by atoms with Gasteiger partial charge in [-0.1, -0.05) is 37.3 Å². The lowest BCUT2D eigenvalue weighted by Crippen LogP contribution is -2.19. The second-order valence-corrected chi connectivity index (χ2v) is 5.68. The third-order valence-corrected chi connectivity index (χ3v) is 4.11. The Balaban J connectivity index is 1.61. The van der Waals surface area contributed by atoms with Crippen LogP contribution in [-0.2, 0) is 13.0 Å². The van der Waals surface area contributed by atoms with Crippen LogP contribution in [-0.4, -0.2) is 13.2 Å². The molecule has 22 heavy (non-hydrogen) atoms. The molecule has 0 spiro atoms. The molecule has 0 aromatic heterocycles. The Bertz CT molecular complexity index is 622. The maximum absolute atomic E-state index is 5.63. The molecule has 1 atom stereocenters. The molecule has 0 saturated carbocycles. The molecule has 1 heterocycles. The van der Waals surface area contributed by atoms with E-state index in [-0.39, 0.29) is 0 Å². The van der Waals surface area contributed by atoms with Gasteiger partial charge in [0.2, 0.25) is 0 Å². The van der Waals surface area contributed by atoms with Crippen molar-refractivity contribution in [3.8, 4) is 11.5 Å². The smallest absolute Gasteiger partial charge is 0.161 e. The summed E-state index contributed by atoms with van der Waals surface area (Å²) in [6.07, 6.45) is 1.08. The molecule has 0 aliphatic carbocycles. The van der Waals surface area contributed by atoms with Crippen LogP contribution in [0.4, 0.5) is 0 Å². The molecule has 0 fully saturated rings. The van der Waals surface area contributed by atoms with Crippen LogP contribution in [0.3, 0.4) is 0 Å². The summed E-state index contributed by atoms with van der Waals surface area (Å²) in [4.78, 5) is 0. The average molecular weight is 297 g/mol. The first-order chi connectivity index (χ1) is 10.8. The molecule has 1 N–H and O–H groups in total. The zero-order valence-corrected chi connectivity index (χ0v) is 13.3. The van der Waals surface area contributed by atoms with Gasteiger partial charge < -0.3 is 14.8 Å². The van der Waals surface area contributed by atoms with E-state index in [9.17, 15) is 0 Å². The molecule has 3 rings (SSSR count). The van der Waals surface area contributed by atoms with Crippen molar-refractivity contribution in [2.45, 2.75) is 32.9 Å². The van der Waals surface area contributed by atoms with Gasteiger partial charge in [-0.2, -0.15) is 0 Å². The summed E-state index contributed by atoms with van der Waals surface area (Å²) < 4.78 is 11.2. The number of aryl methyl sites for hydroxylation is 1. The molecule has 0 amide bonds. The fraction of sp³-hybridized carbons (Fsp3) is 0.368. The number of hydrogen-bond donors (Lipinski definition) is 1. The first-order valence-electron chi connectivity index (χ1n) is 7.97. The van der Waals surface area contributed by atoms with Gasteiger partial charge in [-0.05, 0) is 42.2 Å². The summed E-state index contributed by atoms with van der Waals surface area (Å²) in [5.74, 6) is 1.70. The molecule has 1 aliphatic heterocycles. The van der Waals surface area contributed by atoms with Crippen molar-refractivity contribution in [2.24, 2.45) is 0 Å². The second kappa shape index (κ2) is 6.84. The summed E-state index contributed by atoms with van der Waals surface area (Å²) in [6, 6.07) is 15.3. The lowest BCUT2D eigenvalue weighted by Gasteiger charge is -2.20. The zero-order valence-electron chi connectivity index (χ0n) is 13.3. The van der Waals surface area contributed by atoms with E-state index in [2.05, 4.69) is 55.6 Å². The molecule has 2 aromatic carbocycles. The maximum Gasteiger partial charge on any atom is 0.161 e. The molecule has 1 unspecified atom stereocenters. The van der Waals surface area contributed by atoms with Crippen molar-refractivity contribution in [3.05, 3.63) is 59.2 Å². The van der Waals surface area contributed by atoms with E-state index in [1.54, 1.807) is 0 Å². The highest BCUT2D eigenvalue weighted by atomic mass is 16.6. The predicted octanol–water partition coefficient (Wildman–Crippen LogP) is 3.87. The van der Waals surface area contributed by atoms with Crippen LogP contribution in [0.2, 0.25) is 0 Å². The molecular formula is C19H23NO2. The van der Waals surface area contributed by atoms with Gasteiger partial charge in [0, 0.05) is 12.6 Å². The van der Waals surface area contributed by atoms with Crippen LogP contribution in [0.5, 0.6) is 11.5 Å². The minimum atomic E-state index is 0.319. The number of benzene rings is 2. The van der Waals surface area contributed by atoms with Crippen LogP contribution in [0.25, 0.3) is 0 Å². The van der Waals surface area contributed by atoms with Gasteiger partial charge in [0.05, 0.1) is 0 Å². The van der Waals surface area contributed by atoms with E-state index in [0.717, 1.165) is 24.5 Å². The van der Waals surface area contributed by atoms with Gasteiger partial charge in [-0.25, -0.2) is 0 Å². The van der Waals surface area contributed by atoms with Gasteiger partial charge >= 0.3 is 0 Å². The van der Waals surface area contributed by atoms with E-state index in [0.29, 0.717) is 19.3 Å². The Labute approximate surface area is 132 Å². The fourth-order valence-corrected chi connectivity index (χ4v) is 2.63. The number of rotatable bonds is 5. The largest absolute Gasteiger partial charge is 0.486 e.